The molecule has 0 saturated carbocycles. The van der Waals surface area contributed by atoms with E-state index in [0.717, 1.165) is 28.7 Å². The molecular formula is C16H17N3S. The molecule has 0 aliphatic rings. The van der Waals surface area contributed by atoms with Crippen LogP contribution in [0.5, 0.6) is 0 Å². The Hall–Kier alpha value is -2.07. The van der Waals surface area contributed by atoms with Gasteiger partial charge in [-0.25, -0.2) is 0 Å². The fourth-order valence-electron chi connectivity index (χ4n) is 2.29. The summed E-state index contributed by atoms with van der Waals surface area (Å²) in [6.45, 7) is 5.14. The number of pyridine rings is 1. The number of hydrogen-bond donors (Lipinski definition) is 2. The number of aromatic nitrogens is 1. The van der Waals surface area contributed by atoms with Gasteiger partial charge in [0.15, 0.2) is 0 Å². The van der Waals surface area contributed by atoms with Gasteiger partial charge in [-0.3, -0.25) is 4.98 Å². The van der Waals surface area contributed by atoms with Crippen molar-refractivity contribution in [3.05, 3.63) is 52.0 Å². The van der Waals surface area contributed by atoms with Crippen LogP contribution in [-0.4, -0.2) is 4.98 Å². The lowest BCUT2D eigenvalue weighted by Gasteiger charge is -2.10. The number of anilines is 2. The maximum Gasteiger partial charge on any atom is 0.0494 e. The molecule has 3 aromatic rings. The van der Waals surface area contributed by atoms with Crippen molar-refractivity contribution in [2.45, 2.75) is 20.4 Å². The predicted molar refractivity (Wildman–Crippen MR) is 87.3 cm³/mol. The smallest absolute Gasteiger partial charge is 0.0494 e. The lowest BCUT2D eigenvalue weighted by molar-refractivity contribution is 1.19. The van der Waals surface area contributed by atoms with Gasteiger partial charge >= 0.3 is 0 Å². The topological polar surface area (TPSA) is 50.9 Å². The number of aryl methyl sites for hydroxylation is 2. The summed E-state index contributed by atoms with van der Waals surface area (Å²) in [6, 6.07) is 8.16. The van der Waals surface area contributed by atoms with Gasteiger partial charge in [0.25, 0.3) is 0 Å². The van der Waals surface area contributed by atoms with Crippen molar-refractivity contribution in [3.63, 3.8) is 0 Å². The van der Waals surface area contributed by atoms with Crippen LogP contribution in [0.3, 0.4) is 0 Å². The lowest BCUT2D eigenvalue weighted by Crippen LogP contribution is -1.99. The molecule has 2 heterocycles. The van der Waals surface area contributed by atoms with Crippen LogP contribution in [0, 0.1) is 13.8 Å². The summed E-state index contributed by atoms with van der Waals surface area (Å²) < 4.78 is 0. The highest BCUT2D eigenvalue weighted by Crippen LogP contribution is 2.28. The molecular weight excluding hydrogens is 266 g/mol. The van der Waals surface area contributed by atoms with Crippen molar-refractivity contribution in [2.24, 2.45) is 0 Å². The highest BCUT2D eigenvalue weighted by molar-refractivity contribution is 7.12. The molecule has 2 aromatic heterocycles. The third kappa shape index (κ3) is 2.34. The number of nitrogens with one attached hydrogen (secondary N) is 1. The van der Waals surface area contributed by atoms with E-state index in [0.29, 0.717) is 0 Å². The monoisotopic (exact) mass is 283 g/mol. The normalized spacial score (nSPS) is 10.9. The first-order valence-electron chi connectivity index (χ1n) is 6.57. The Morgan fingerprint density at radius 2 is 2.05 bits per heavy atom. The second-order valence-corrected chi connectivity index (χ2v) is 6.27. The van der Waals surface area contributed by atoms with E-state index in [9.17, 15) is 0 Å². The maximum absolute atomic E-state index is 6.00. The molecule has 0 radical (unpaired) electrons. The van der Waals surface area contributed by atoms with Gasteiger partial charge in [0.05, 0.1) is 0 Å². The molecule has 0 unspecified atom stereocenters. The molecule has 3 rings (SSSR count). The molecule has 0 bridgehead atoms. The number of thiophene rings is 1. The average Bonchev–Trinajstić information content (AvgIpc) is 2.77. The molecule has 1 aromatic carbocycles. The number of nitrogens with zero attached hydrogens (tertiary/aromatic N) is 1. The van der Waals surface area contributed by atoms with Crippen molar-refractivity contribution < 1.29 is 0 Å². The van der Waals surface area contributed by atoms with Crippen molar-refractivity contribution >= 4 is 33.5 Å². The van der Waals surface area contributed by atoms with Crippen LogP contribution >= 0.6 is 11.3 Å². The number of nitrogen functional groups attached to an aromatic ring is 1. The fraction of sp³-hybridized carbons (Fsp3) is 0.188. The molecule has 3 nitrogen and oxygen atoms in total. The standard InChI is InChI=1S/C16H17N3S/c1-10-7-12(20-11(10)2)8-19-16-4-3-15(17)13-5-6-18-9-14(13)16/h3-7,9,19H,8,17H2,1-2H3. The van der Waals surface area contributed by atoms with Crippen LogP contribution in [0.4, 0.5) is 11.4 Å². The summed E-state index contributed by atoms with van der Waals surface area (Å²) in [7, 11) is 0. The number of hydrogen-bond acceptors (Lipinski definition) is 4. The van der Waals surface area contributed by atoms with Crippen molar-refractivity contribution in [3.8, 4) is 0 Å². The summed E-state index contributed by atoms with van der Waals surface area (Å²) >= 11 is 1.84. The number of nitrogens with two attached hydrogens (primary N) is 1. The molecule has 20 heavy (non-hydrogen) atoms. The second-order valence-electron chi connectivity index (χ2n) is 4.93. The van der Waals surface area contributed by atoms with Crippen LogP contribution in [-0.2, 0) is 6.54 Å². The van der Waals surface area contributed by atoms with E-state index in [1.54, 1.807) is 6.20 Å². The molecule has 3 N–H and O–H groups in total. The minimum Gasteiger partial charge on any atom is -0.398 e. The van der Waals surface area contributed by atoms with E-state index in [4.69, 9.17) is 5.73 Å². The Kier molecular flexibility index (Phi) is 3.32. The van der Waals surface area contributed by atoms with Crippen LogP contribution in [0.15, 0.2) is 36.7 Å². The fourth-order valence-corrected chi connectivity index (χ4v) is 3.28. The average molecular weight is 283 g/mol. The van der Waals surface area contributed by atoms with Gasteiger partial charge in [-0.1, -0.05) is 0 Å². The highest BCUT2D eigenvalue weighted by atomic mass is 32.1. The van der Waals surface area contributed by atoms with E-state index in [-0.39, 0.29) is 0 Å². The SMILES string of the molecule is Cc1cc(CNc2ccc(N)c3ccncc23)sc1C. The summed E-state index contributed by atoms with van der Waals surface area (Å²) in [4.78, 5) is 6.92. The van der Waals surface area contributed by atoms with E-state index >= 15 is 0 Å². The predicted octanol–water partition coefficient (Wildman–Crippen LogP) is 4.11. The van der Waals surface area contributed by atoms with E-state index < -0.39 is 0 Å². The Bertz CT molecular complexity index is 742. The molecule has 0 spiro atoms. The molecule has 0 amide bonds. The van der Waals surface area contributed by atoms with Gasteiger partial charge < -0.3 is 11.1 Å². The van der Waals surface area contributed by atoms with Gasteiger partial charge in [-0.2, -0.15) is 0 Å². The maximum atomic E-state index is 6.00. The number of fused-ring (bicyclic) bond motifs is 1. The first-order chi connectivity index (χ1) is 9.65. The van der Waals surface area contributed by atoms with Crippen molar-refractivity contribution in [1.82, 2.24) is 4.98 Å². The van der Waals surface area contributed by atoms with Crippen molar-refractivity contribution in [2.75, 3.05) is 11.1 Å². The third-order valence-electron chi connectivity index (χ3n) is 3.52. The van der Waals surface area contributed by atoms with Crippen LogP contribution < -0.4 is 11.1 Å². The summed E-state index contributed by atoms with van der Waals surface area (Å²) in [6.07, 6.45) is 3.63. The first kappa shape index (κ1) is 12.9. The lowest BCUT2D eigenvalue weighted by atomic mass is 10.1. The van der Waals surface area contributed by atoms with E-state index in [1.807, 2.05) is 35.7 Å². The highest BCUT2D eigenvalue weighted by Gasteiger charge is 2.05. The molecule has 102 valence electrons. The molecule has 4 heteroatoms. The number of benzene rings is 1. The van der Waals surface area contributed by atoms with Gasteiger partial charge in [0, 0.05) is 50.8 Å². The molecule has 0 saturated heterocycles. The van der Waals surface area contributed by atoms with Gasteiger partial charge in [0.1, 0.15) is 0 Å². The summed E-state index contributed by atoms with van der Waals surface area (Å²) in [5, 5.41) is 5.60. The van der Waals surface area contributed by atoms with Crippen LogP contribution in [0.1, 0.15) is 15.3 Å². The summed E-state index contributed by atoms with van der Waals surface area (Å²) in [5.74, 6) is 0. The zero-order valence-corrected chi connectivity index (χ0v) is 12.4. The Morgan fingerprint density at radius 3 is 2.80 bits per heavy atom. The van der Waals surface area contributed by atoms with Crippen molar-refractivity contribution in [1.29, 1.82) is 0 Å². The molecule has 0 atom stereocenters. The van der Waals surface area contributed by atoms with Crippen LogP contribution in [0.25, 0.3) is 10.8 Å². The Morgan fingerprint density at radius 1 is 1.20 bits per heavy atom. The molecule has 0 fully saturated rings. The van der Waals surface area contributed by atoms with Crippen LogP contribution in [0.2, 0.25) is 0 Å². The zero-order valence-electron chi connectivity index (χ0n) is 11.6. The minimum absolute atomic E-state index is 0.788. The Balaban J connectivity index is 1.89. The quantitative estimate of drug-likeness (QED) is 0.711. The first-order valence-corrected chi connectivity index (χ1v) is 7.39. The third-order valence-corrected chi connectivity index (χ3v) is 4.67. The minimum atomic E-state index is 0.788. The molecule has 0 aliphatic heterocycles. The van der Waals surface area contributed by atoms with E-state index in [1.165, 1.54) is 15.3 Å². The van der Waals surface area contributed by atoms with Gasteiger partial charge in [-0.05, 0) is 43.7 Å². The number of rotatable bonds is 3. The van der Waals surface area contributed by atoms with E-state index in [2.05, 4.69) is 30.2 Å². The zero-order chi connectivity index (χ0) is 14.1. The second kappa shape index (κ2) is 5.13. The largest absolute Gasteiger partial charge is 0.398 e. The van der Waals surface area contributed by atoms with Gasteiger partial charge in [-0.15, -0.1) is 11.3 Å². The summed E-state index contributed by atoms with van der Waals surface area (Å²) in [5.41, 5.74) is 9.22. The van der Waals surface area contributed by atoms with Gasteiger partial charge in [0.2, 0.25) is 0 Å². The molecule has 0 aliphatic carbocycles. The Labute approximate surface area is 122 Å².